The Balaban J connectivity index is 1.66. The third-order valence-electron chi connectivity index (χ3n) is 4.52. The fourth-order valence-electron chi connectivity index (χ4n) is 3.17. The van der Waals surface area contributed by atoms with Crippen LogP contribution in [-0.2, 0) is 14.6 Å². The van der Waals surface area contributed by atoms with Crippen LogP contribution < -0.4 is 4.74 Å². The highest BCUT2D eigenvalue weighted by molar-refractivity contribution is 7.99. The molecule has 11 heteroatoms. The Labute approximate surface area is 172 Å². The van der Waals surface area contributed by atoms with E-state index >= 15 is 0 Å². The molecule has 152 valence electrons. The Kier molecular flexibility index (Phi) is 6.51. The number of aromatic nitrogens is 3. The van der Waals surface area contributed by atoms with Gasteiger partial charge in [0.15, 0.2) is 15.7 Å². The first kappa shape index (κ1) is 20.9. The van der Waals surface area contributed by atoms with Crippen molar-refractivity contribution in [1.29, 1.82) is 0 Å². The first-order valence-electron chi connectivity index (χ1n) is 8.72. The minimum absolute atomic E-state index is 0.0383. The highest BCUT2D eigenvalue weighted by Gasteiger charge is 2.33. The van der Waals surface area contributed by atoms with E-state index in [4.69, 9.17) is 16.3 Å². The third kappa shape index (κ3) is 4.79. The molecule has 1 aliphatic rings. The molecule has 1 N–H and O–H groups in total. The minimum atomic E-state index is -3.04. The van der Waals surface area contributed by atoms with Crippen LogP contribution in [0.2, 0.25) is 5.02 Å². The summed E-state index contributed by atoms with van der Waals surface area (Å²) in [5.74, 6) is 1.28. The van der Waals surface area contributed by atoms with E-state index in [2.05, 4.69) is 15.2 Å². The molecule has 0 radical (unpaired) electrons. The number of ether oxygens (including phenoxy) is 1. The van der Waals surface area contributed by atoms with Crippen molar-refractivity contribution in [2.24, 2.45) is 0 Å². The average molecular weight is 445 g/mol. The summed E-state index contributed by atoms with van der Waals surface area (Å²) in [4.78, 5) is 18.6. The van der Waals surface area contributed by atoms with Gasteiger partial charge in [-0.25, -0.2) is 13.4 Å². The van der Waals surface area contributed by atoms with Crippen LogP contribution in [0.1, 0.15) is 13.3 Å². The standard InChI is InChI=1S/C17H21ClN4O4S2/c1-3-22(12-6-7-28(24,25)10-12)15(23)9-27-17-19-16(20-21-17)13-8-11(18)4-5-14(13)26-2/h4-5,8,12H,3,6-7,9-10H2,1-2H3,(H,19,20,21)/t12-/m0/s1. The van der Waals surface area contributed by atoms with E-state index < -0.39 is 9.84 Å². The molecule has 0 saturated carbocycles. The number of benzene rings is 1. The van der Waals surface area contributed by atoms with Crippen molar-refractivity contribution >= 4 is 39.1 Å². The lowest BCUT2D eigenvalue weighted by Crippen LogP contribution is -2.41. The predicted octanol–water partition coefficient (Wildman–Crippen LogP) is 2.26. The summed E-state index contributed by atoms with van der Waals surface area (Å²) in [6, 6.07) is 4.93. The van der Waals surface area contributed by atoms with Crippen LogP contribution in [0.25, 0.3) is 11.4 Å². The van der Waals surface area contributed by atoms with Gasteiger partial charge < -0.3 is 9.64 Å². The number of rotatable bonds is 7. The molecule has 2 aromatic rings. The first-order valence-corrected chi connectivity index (χ1v) is 11.9. The second kappa shape index (κ2) is 8.71. The van der Waals surface area contributed by atoms with Crippen LogP contribution in [0.4, 0.5) is 0 Å². The van der Waals surface area contributed by atoms with Crippen molar-refractivity contribution in [2.75, 3.05) is 30.9 Å². The third-order valence-corrected chi connectivity index (χ3v) is 7.33. The summed E-state index contributed by atoms with van der Waals surface area (Å²) < 4.78 is 28.7. The zero-order valence-electron chi connectivity index (χ0n) is 15.5. The lowest BCUT2D eigenvalue weighted by atomic mass is 10.2. The van der Waals surface area contributed by atoms with E-state index in [0.29, 0.717) is 40.3 Å². The number of nitrogens with one attached hydrogen (secondary N) is 1. The molecule has 1 fully saturated rings. The second-order valence-corrected chi connectivity index (χ2v) is 9.94. The van der Waals surface area contributed by atoms with E-state index in [1.54, 1.807) is 30.2 Å². The van der Waals surface area contributed by atoms with Crippen LogP contribution in [0.3, 0.4) is 0 Å². The molecule has 0 spiro atoms. The number of methoxy groups -OCH3 is 1. The lowest BCUT2D eigenvalue weighted by Gasteiger charge is -2.26. The molecular weight excluding hydrogens is 424 g/mol. The number of halogens is 1. The Morgan fingerprint density at radius 2 is 2.25 bits per heavy atom. The number of H-pyrrole nitrogens is 1. The van der Waals surface area contributed by atoms with Gasteiger partial charge in [0.05, 0.1) is 29.9 Å². The topological polar surface area (TPSA) is 105 Å². The number of carbonyl (C=O) groups excluding carboxylic acids is 1. The Bertz CT molecular complexity index is 964. The SMILES string of the molecule is CCN(C(=O)CSc1n[nH]c(-c2cc(Cl)ccc2OC)n1)[C@H]1CCS(=O)(=O)C1. The van der Waals surface area contributed by atoms with Crippen molar-refractivity contribution in [1.82, 2.24) is 20.1 Å². The van der Waals surface area contributed by atoms with E-state index in [1.165, 1.54) is 11.8 Å². The molecule has 8 nitrogen and oxygen atoms in total. The summed E-state index contributed by atoms with van der Waals surface area (Å²) in [7, 11) is -1.49. The first-order chi connectivity index (χ1) is 13.3. The molecule has 1 amide bonds. The normalized spacial score (nSPS) is 18.2. The summed E-state index contributed by atoms with van der Waals surface area (Å²) in [5.41, 5.74) is 0.673. The van der Waals surface area contributed by atoms with Gasteiger partial charge in [-0.15, -0.1) is 5.10 Å². The molecule has 0 bridgehead atoms. The second-order valence-electron chi connectivity index (χ2n) is 6.34. The maximum absolute atomic E-state index is 12.6. The van der Waals surface area contributed by atoms with E-state index in [0.717, 1.165) is 0 Å². The van der Waals surface area contributed by atoms with Gasteiger partial charge in [-0.05, 0) is 31.5 Å². The lowest BCUT2D eigenvalue weighted by molar-refractivity contribution is -0.129. The molecule has 1 aliphatic heterocycles. The van der Waals surface area contributed by atoms with Crippen molar-refractivity contribution in [3.8, 4) is 17.1 Å². The zero-order chi connectivity index (χ0) is 20.3. The monoisotopic (exact) mass is 444 g/mol. The quantitative estimate of drug-likeness (QED) is 0.653. The van der Waals surface area contributed by atoms with Crippen molar-refractivity contribution in [3.63, 3.8) is 0 Å². The van der Waals surface area contributed by atoms with Gasteiger partial charge >= 0.3 is 0 Å². The summed E-state index contributed by atoms with van der Waals surface area (Å²) in [6.07, 6.45) is 0.492. The molecule has 1 aromatic heterocycles. The van der Waals surface area contributed by atoms with E-state index in [-0.39, 0.29) is 29.2 Å². The highest BCUT2D eigenvalue weighted by Crippen LogP contribution is 2.31. The van der Waals surface area contributed by atoms with Crippen LogP contribution in [0.15, 0.2) is 23.4 Å². The maximum atomic E-state index is 12.6. The fourth-order valence-corrected chi connectivity index (χ4v) is 5.75. The Hall–Kier alpha value is -1.78. The number of carbonyl (C=O) groups is 1. The Morgan fingerprint density at radius 3 is 2.89 bits per heavy atom. The van der Waals surface area contributed by atoms with Gasteiger partial charge in [-0.1, -0.05) is 23.4 Å². The van der Waals surface area contributed by atoms with Gasteiger partial charge in [0, 0.05) is 17.6 Å². The molecule has 28 heavy (non-hydrogen) atoms. The van der Waals surface area contributed by atoms with Gasteiger partial charge in [0.25, 0.3) is 0 Å². The molecule has 1 saturated heterocycles. The van der Waals surface area contributed by atoms with E-state index in [9.17, 15) is 13.2 Å². The van der Waals surface area contributed by atoms with Crippen LogP contribution in [0.5, 0.6) is 5.75 Å². The number of sulfone groups is 1. The highest BCUT2D eigenvalue weighted by atomic mass is 35.5. The van der Waals surface area contributed by atoms with Crippen LogP contribution >= 0.6 is 23.4 Å². The largest absolute Gasteiger partial charge is 0.496 e. The number of aromatic amines is 1. The zero-order valence-corrected chi connectivity index (χ0v) is 17.9. The van der Waals surface area contributed by atoms with Crippen LogP contribution in [-0.4, -0.2) is 71.4 Å². The fraction of sp³-hybridized carbons (Fsp3) is 0.471. The van der Waals surface area contributed by atoms with Gasteiger partial charge in [0.2, 0.25) is 11.1 Å². The molecule has 2 heterocycles. The summed E-state index contributed by atoms with van der Waals surface area (Å²) in [5, 5.41) is 7.93. The predicted molar refractivity (Wildman–Crippen MR) is 109 cm³/mol. The number of thioether (sulfide) groups is 1. The van der Waals surface area contributed by atoms with Crippen LogP contribution in [0, 0.1) is 0 Å². The van der Waals surface area contributed by atoms with Gasteiger partial charge in [0.1, 0.15) is 5.75 Å². The minimum Gasteiger partial charge on any atom is -0.496 e. The summed E-state index contributed by atoms with van der Waals surface area (Å²) >= 11 is 7.25. The average Bonchev–Trinajstić information content (AvgIpc) is 3.27. The molecule has 1 atom stereocenters. The Morgan fingerprint density at radius 1 is 1.46 bits per heavy atom. The van der Waals surface area contributed by atoms with Crippen molar-refractivity contribution < 1.29 is 17.9 Å². The smallest absolute Gasteiger partial charge is 0.233 e. The number of hydrogen-bond donors (Lipinski definition) is 1. The number of hydrogen-bond acceptors (Lipinski definition) is 7. The van der Waals surface area contributed by atoms with Crippen molar-refractivity contribution in [3.05, 3.63) is 23.2 Å². The molecule has 0 aliphatic carbocycles. The molecule has 0 unspecified atom stereocenters. The summed E-state index contributed by atoms with van der Waals surface area (Å²) in [6.45, 7) is 2.32. The number of nitrogens with zero attached hydrogens (tertiary/aromatic N) is 3. The molecular formula is C17H21ClN4O4S2. The van der Waals surface area contributed by atoms with Gasteiger partial charge in [-0.3, -0.25) is 9.89 Å². The number of amides is 1. The maximum Gasteiger partial charge on any atom is 0.233 e. The molecule has 3 rings (SSSR count). The van der Waals surface area contributed by atoms with Crippen molar-refractivity contribution in [2.45, 2.75) is 24.5 Å². The van der Waals surface area contributed by atoms with E-state index in [1.807, 2.05) is 6.92 Å². The van der Waals surface area contributed by atoms with Gasteiger partial charge in [-0.2, -0.15) is 0 Å². The molecule has 1 aromatic carbocycles.